The maximum absolute atomic E-state index is 13.1. The quantitative estimate of drug-likeness (QED) is 0.750. The first kappa shape index (κ1) is 10.8. The van der Waals surface area contributed by atoms with Gasteiger partial charge in [0.15, 0.2) is 11.4 Å². The molecule has 3 nitrogen and oxygen atoms in total. The third-order valence-electron chi connectivity index (χ3n) is 2.79. The van der Waals surface area contributed by atoms with E-state index in [1.54, 1.807) is 22.6 Å². The molecule has 0 saturated heterocycles. The van der Waals surface area contributed by atoms with Crippen molar-refractivity contribution in [2.24, 2.45) is 0 Å². The summed E-state index contributed by atoms with van der Waals surface area (Å²) < 4.78 is 14.8. The van der Waals surface area contributed by atoms with E-state index in [0.29, 0.717) is 12.1 Å². The maximum Gasteiger partial charge on any atom is 0.179 e. The number of hydrogen-bond donors (Lipinski definition) is 1. The minimum Gasteiger partial charge on any atom is -0.504 e. The standard InChI is InChI=1S/C14H11FN2O/c15-11-4-1-3-10(7-11)8-12-9-17-6-2-5-13(18)14(17)16-12/h1-7,9,18H,8H2. The lowest BCUT2D eigenvalue weighted by atomic mass is 10.1. The Morgan fingerprint density at radius 1 is 1.22 bits per heavy atom. The van der Waals surface area contributed by atoms with Gasteiger partial charge in [-0.2, -0.15) is 0 Å². The van der Waals surface area contributed by atoms with Crippen LogP contribution in [0.2, 0.25) is 0 Å². The first-order valence-corrected chi connectivity index (χ1v) is 5.62. The number of aromatic nitrogens is 2. The molecule has 0 aliphatic rings. The predicted molar refractivity (Wildman–Crippen MR) is 66.1 cm³/mol. The molecule has 0 atom stereocenters. The number of benzene rings is 1. The van der Waals surface area contributed by atoms with Crippen molar-refractivity contribution in [1.82, 2.24) is 9.38 Å². The van der Waals surface area contributed by atoms with Gasteiger partial charge in [-0.25, -0.2) is 9.37 Å². The number of pyridine rings is 1. The fourth-order valence-electron chi connectivity index (χ4n) is 1.99. The average molecular weight is 242 g/mol. The van der Waals surface area contributed by atoms with Crippen LogP contribution in [-0.2, 0) is 6.42 Å². The van der Waals surface area contributed by atoms with E-state index in [4.69, 9.17) is 0 Å². The van der Waals surface area contributed by atoms with Crippen molar-refractivity contribution in [3.05, 3.63) is 65.9 Å². The van der Waals surface area contributed by atoms with Crippen LogP contribution < -0.4 is 0 Å². The number of nitrogens with zero attached hydrogens (tertiary/aromatic N) is 2. The lowest BCUT2D eigenvalue weighted by Crippen LogP contribution is -1.88. The van der Waals surface area contributed by atoms with Gasteiger partial charge in [-0.05, 0) is 29.8 Å². The number of hydrogen-bond acceptors (Lipinski definition) is 2. The van der Waals surface area contributed by atoms with Crippen molar-refractivity contribution in [3.63, 3.8) is 0 Å². The Kier molecular flexibility index (Phi) is 2.48. The predicted octanol–water partition coefficient (Wildman–Crippen LogP) is 2.77. The SMILES string of the molecule is Oc1cccn2cc(Cc3cccc(F)c3)nc12. The summed E-state index contributed by atoms with van der Waals surface area (Å²) in [5.74, 6) is -0.109. The van der Waals surface area contributed by atoms with Gasteiger partial charge in [-0.3, -0.25) is 0 Å². The molecule has 2 heterocycles. The van der Waals surface area contributed by atoms with Crippen molar-refractivity contribution in [3.8, 4) is 5.75 Å². The lowest BCUT2D eigenvalue weighted by molar-refractivity contribution is 0.477. The van der Waals surface area contributed by atoms with Crippen LogP contribution in [0.15, 0.2) is 48.8 Å². The molecule has 4 heteroatoms. The number of rotatable bonds is 2. The highest BCUT2D eigenvalue weighted by atomic mass is 19.1. The molecule has 3 rings (SSSR count). The van der Waals surface area contributed by atoms with Gasteiger partial charge in [0.05, 0.1) is 5.69 Å². The van der Waals surface area contributed by atoms with Gasteiger partial charge in [0.25, 0.3) is 0 Å². The highest BCUT2D eigenvalue weighted by Gasteiger charge is 2.06. The van der Waals surface area contributed by atoms with E-state index in [2.05, 4.69) is 4.98 Å². The smallest absolute Gasteiger partial charge is 0.179 e. The molecule has 1 aromatic carbocycles. The van der Waals surface area contributed by atoms with E-state index in [-0.39, 0.29) is 11.6 Å². The second-order valence-electron chi connectivity index (χ2n) is 4.16. The molecule has 1 N–H and O–H groups in total. The van der Waals surface area contributed by atoms with Crippen LogP contribution in [0.4, 0.5) is 4.39 Å². The third kappa shape index (κ3) is 1.93. The van der Waals surface area contributed by atoms with E-state index >= 15 is 0 Å². The second kappa shape index (κ2) is 4.14. The van der Waals surface area contributed by atoms with E-state index in [0.717, 1.165) is 11.3 Å². The second-order valence-corrected chi connectivity index (χ2v) is 4.16. The van der Waals surface area contributed by atoms with E-state index in [9.17, 15) is 9.50 Å². The molecular weight excluding hydrogens is 231 g/mol. The molecule has 0 spiro atoms. The molecule has 0 amide bonds. The molecule has 0 aliphatic heterocycles. The minimum atomic E-state index is -0.251. The fraction of sp³-hybridized carbons (Fsp3) is 0.0714. The summed E-state index contributed by atoms with van der Waals surface area (Å²) in [6.45, 7) is 0. The Hall–Kier alpha value is -2.36. The zero-order valence-corrected chi connectivity index (χ0v) is 9.55. The van der Waals surface area contributed by atoms with Crippen LogP contribution in [0.3, 0.4) is 0 Å². The Bertz CT molecular complexity index is 706. The van der Waals surface area contributed by atoms with Gasteiger partial charge in [0.2, 0.25) is 0 Å². The molecule has 90 valence electrons. The van der Waals surface area contributed by atoms with Crippen molar-refractivity contribution in [2.75, 3.05) is 0 Å². The van der Waals surface area contributed by atoms with Crippen molar-refractivity contribution < 1.29 is 9.50 Å². The summed E-state index contributed by atoms with van der Waals surface area (Å²) in [5, 5.41) is 9.65. The number of imidazole rings is 1. The number of aromatic hydroxyl groups is 1. The van der Waals surface area contributed by atoms with Gasteiger partial charge >= 0.3 is 0 Å². The Labute approximate surface area is 103 Å². The van der Waals surface area contributed by atoms with Gasteiger partial charge < -0.3 is 9.51 Å². The van der Waals surface area contributed by atoms with Crippen LogP contribution in [0.25, 0.3) is 5.65 Å². The molecule has 0 bridgehead atoms. The van der Waals surface area contributed by atoms with Crippen LogP contribution >= 0.6 is 0 Å². The van der Waals surface area contributed by atoms with Crippen LogP contribution in [0.1, 0.15) is 11.3 Å². The fourth-order valence-corrected chi connectivity index (χ4v) is 1.99. The summed E-state index contributed by atoms with van der Waals surface area (Å²) >= 11 is 0. The Morgan fingerprint density at radius 2 is 2.11 bits per heavy atom. The monoisotopic (exact) mass is 242 g/mol. The average Bonchev–Trinajstić information content (AvgIpc) is 2.73. The van der Waals surface area contributed by atoms with Gasteiger partial charge in [0, 0.05) is 18.8 Å². The lowest BCUT2D eigenvalue weighted by Gasteiger charge is -1.97. The molecule has 0 unspecified atom stereocenters. The number of fused-ring (bicyclic) bond motifs is 1. The topological polar surface area (TPSA) is 37.5 Å². The van der Waals surface area contributed by atoms with Crippen LogP contribution in [0.5, 0.6) is 5.75 Å². The summed E-state index contributed by atoms with van der Waals surface area (Å²) in [6, 6.07) is 9.78. The van der Waals surface area contributed by atoms with Crippen LogP contribution in [0, 0.1) is 5.82 Å². The maximum atomic E-state index is 13.1. The molecule has 2 aromatic heterocycles. The molecule has 18 heavy (non-hydrogen) atoms. The normalized spacial score (nSPS) is 10.9. The van der Waals surface area contributed by atoms with Crippen molar-refractivity contribution >= 4 is 5.65 Å². The molecule has 0 aliphatic carbocycles. The highest BCUT2D eigenvalue weighted by Crippen LogP contribution is 2.18. The van der Waals surface area contributed by atoms with Gasteiger partial charge in [-0.15, -0.1) is 0 Å². The number of halogens is 1. The van der Waals surface area contributed by atoms with Crippen molar-refractivity contribution in [1.29, 1.82) is 0 Å². The van der Waals surface area contributed by atoms with Gasteiger partial charge in [0.1, 0.15) is 5.82 Å². The molecule has 3 aromatic rings. The summed E-state index contributed by atoms with van der Waals surface area (Å²) in [6.07, 6.45) is 4.19. The van der Waals surface area contributed by atoms with Crippen molar-refractivity contribution in [2.45, 2.75) is 6.42 Å². The zero-order chi connectivity index (χ0) is 12.5. The largest absolute Gasteiger partial charge is 0.504 e. The molecule has 0 saturated carbocycles. The highest BCUT2D eigenvalue weighted by molar-refractivity contribution is 5.53. The van der Waals surface area contributed by atoms with Gasteiger partial charge in [-0.1, -0.05) is 12.1 Å². The third-order valence-corrected chi connectivity index (χ3v) is 2.79. The summed E-state index contributed by atoms with van der Waals surface area (Å²) in [4.78, 5) is 4.33. The molecule has 0 fully saturated rings. The Balaban J connectivity index is 1.98. The van der Waals surface area contributed by atoms with E-state index in [1.807, 2.05) is 18.5 Å². The first-order valence-electron chi connectivity index (χ1n) is 5.62. The molecular formula is C14H11FN2O. The van der Waals surface area contributed by atoms with E-state index in [1.165, 1.54) is 12.1 Å². The van der Waals surface area contributed by atoms with Crippen LogP contribution in [-0.4, -0.2) is 14.5 Å². The summed E-state index contributed by atoms with van der Waals surface area (Å²) in [5.41, 5.74) is 2.17. The zero-order valence-electron chi connectivity index (χ0n) is 9.55. The Morgan fingerprint density at radius 3 is 2.89 bits per heavy atom. The first-order chi connectivity index (χ1) is 8.72. The van der Waals surface area contributed by atoms with E-state index < -0.39 is 0 Å². The summed E-state index contributed by atoms with van der Waals surface area (Å²) in [7, 11) is 0. The molecule has 0 radical (unpaired) electrons. The minimum absolute atomic E-state index is 0.142.